The van der Waals surface area contributed by atoms with Crippen molar-refractivity contribution in [2.24, 2.45) is 5.92 Å². The van der Waals surface area contributed by atoms with Crippen molar-refractivity contribution in [3.8, 4) is 5.75 Å². The monoisotopic (exact) mass is 205 g/mol. The van der Waals surface area contributed by atoms with Crippen LogP contribution in [-0.2, 0) is 6.42 Å². The highest BCUT2D eigenvalue weighted by Gasteiger charge is 2.25. The first kappa shape index (κ1) is 10.5. The summed E-state index contributed by atoms with van der Waals surface area (Å²) in [5.74, 6) is 1.62. The minimum Gasteiger partial charge on any atom is -0.496 e. The van der Waals surface area contributed by atoms with Crippen LogP contribution in [0.4, 0.5) is 0 Å². The van der Waals surface area contributed by atoms with Crippen LogP contribution in [0.1, 0.15) is 31.0 Å². The normalized spacial score (nSPS) is 20.1. The smallest absolute Gasteiger partial charge is 0.123 e. The molecule has 1 N–H and O–H groups in total. The molecule has 0 saturated carbocycles. The maximum absolute atomic E-state index is 5.45. The van der Waals surface area contributed by atoms with Crippen LogP contribution in [0.2, 0.25) is 0 Å². The third-order valence-electron chi connectivity index (χ3n) is 3.11. The summed E-state index contributed by atoms with van der Waals surface area (Å²) < 4.78 is 5.45. The van der Waals surface area contributed by atoms with E-state index in [1.807, 2.05) is 0 Å². The van der Waals surface area contributed by atoms with Crippen molar-refractivity contribution in [3.63, 3.8) is 0 Å². The van der Waals surface area contributed by atoms with Gasteiger partial charge in [0, 0.05) is 11.6 Å². The highest BCUT2D eigenvalue weighted by Crippen LogP contribution is 2.35. The lowest BCUT2D eigenvalue weighted by Gasteiger charge is -2.31. The van der Waals surface area contributed by atoms with Gasteiger partial charge in [-0.2, -0.15) is 0 Å². The van der Waals surface area contributed by atoms with E-state index in [4.69, 9.17) is 4.74 Å². The van der Waals surface area contributed by atoms with Gasteiger partial charge in [-0.1, -0.05) is 26.0 Å². The molecule has 1 atom stereocenters. The van der Waals surface area contributed by atoms with Crippen molar-refractivity contribution >= 4 is 0 Å². The first-order valence-electron chi connectivity index (χ1n) is 5.63. The van der Waals surface area contributed by atoms with Crippen LogP contribution in [0.5, 0.6) is 5.75 Å². The topological polar surface area (TPSA) is 21.3 Å². The van der Waals surface area contributed by atoms with Gasteiger partial charge in [0.1, 0.15) is 5.75 Å². The highest BCUT2D eigenvalue weighted by molar-refractivity contribution is 5.44. The van der Waals surface area contributed by atoms with Gasteiger partial charge in [0.15, 0.2) is 0 Å². The van der Waals surface area contributed by atoms with E-state index < -0.39 is 0 Å². The molecule has 1 heterocycles. The van der Waals surface area contributed by atoms with E-state index in [0.29, 0.717) is 12.0 Å². The van der Waals surface area contributed by atoms with Gasteiger partial charge in [-0.25, -0.2) is 0 Å². The fraction of sp³-hybridized carbons (Fsp3) is 0.538. The summed E-state index contributed by atoms with van der Waals surface area (Å²) >= 11 is 0. The lowest BCUT2D eigenvalue weighted by atomic mass is 9.87. The molecule has 2 rings (SSSR count). The van der Waals surface area contributed by atoms with Crippen molar-refractivity contribution in [1.82, 2.24) is 5.32 Å². The summed E-state index contributed by atoms with van der Waals surface area (Å²) in [5, 5.41) is 3.57. The second-order valence-corrected chi connectivity index (χ2v) is 4.46. The summed E-state index contributed by atoms with van der Waals surface area (Å²) in [5.41, 5.74) is 2.80. The van der Waals surface area contributed by atoms with Crippen molar-refractivity contribution in [2.45, 2.75) is 26.3 Å². The third-order valence-corrected chi connectivity index (χ3v) is 3.11. The summed E-state index contributed by atoms with van der Waals surface area (Å²) in [7, 11) is 1.75. The molecule has 2 heteroatoms. The fourth-order valence-electron chi connectivity index (χ4n) is 2.37. The summed E-state index contributed by atoms with van der Waals surface area (Å²) in [6.07, 6.45) is 1.11. The molecule has 0 unspecified atom stereocenters. The van der Waals surface area contributed by atoms with Crippen LogP contribution in [-0.4, -0.2) is 13.7 Å². The number of rotatable bonds is 2. The van der Waals surface area contributed by atoms with Crippen LogP contribution in [0, 0.1) is 5.92 Å². The van der Waals surface area contributed by atoms with Gasteiger partial charge in [-0.05, 0) is 30.5 Å². The molecule has 0 radical (unpaired) electrons. The van der Waals surface area contributed by atoms with Gasteiger partial charge in [0.2, 0.25) is 0 Å². The molecule has 0 fully saturated rings. The van der Waals surface area contributed by atoms with E-state index in [2.05, 4.69) is 37.4 Å². The molecule has 0 bridgehead atoms. The SMILES string of the molecule is COc1cccc2c1[C@H](C(C)C)NCC2. The van der Waals surface area contributed by atoms with E-state index in [1.54, 1.807) is 7.11 Å². The Morgan fingerprint density at radius 2 is 2.20 bits per heavy atom. The number of benzene rings is 1. The molecular weight excluding hydrogens is 186 g/mol. The predicted octanol–water partition coefficient (Wildman–Crippen LogP) is 2.54. The lowest BCUT2D eigenvalue weighted by molar-refractivity contribution is 0.357. The molecule has 1 aromatic rings. The highest BCUT2D eigenvalue weighted by atomic mass is 16.5. The van der Waals surface area contributed by atoms with E-state index in [-0.39, 0.29) is 0 Å². The largest absolute Gasteiger partial charge is 0.496 e. The van der Waals surface area contributed by atoms with Gasteiger partial charge < -0.3 is 10.1 Å². The van der Waals surface area contributed by atoms with Crippen LogP contribution in [0.15, 0.2) is 18.2 Å². The predicted molar refractivity (Wildman–Crippen MR) is 62.3 cm³/mol. The van der Waals surface area contributed by atoms with Crippen LogP contribution < -0.4 is 10.1 Å². The van der Waals surface area contributed by atoms with E-state index in [1.165, 1.54) is 11.1 Å². The Hall–Kier alpha value is -1.02. The Bertz CT molecular complexity index is 332. The standard InChI is InChI=1S/C13H19NO/c1-9(2)13-12-10(7-8-14-13)5-4-6-11(12)15-3/h4-6,9,13-14H,7-8H2,1-3H3/t13-/m0/s1. The lowest BCUT2D eigenvalue weighted by Crippen LogP contribution is -2.33. The summed E-state index contributed by atoms with van der Waals surface area (Å²) in [4.78, 5) is 0. The maximum Gasteiger partial charge on any atom is 0.123 e. The first-order valence-corrected chi connectivity index (χ1v) is 5.63. The zero-order valence-electron chi connectivity index (χ0n) is 9.71. The minimum atomic E-state index is 0.435. The van der Waals surface area contributed by atoms with Gasteiger partial charge in [0.25, 0.3) is 0 Å². The molecule has 0 aliphatic carbocycles. The molecule has 1 aromatic carbocycles. The quantitative estimate of drug-likeness (QED) is 0.801. The van der Waals surface area contributed by atoms with Crippen LogP contribution in [0.25, 0.3) is 0 Å². The Balaban J connectivity index is 2.47. The number of hydrogen-bond donors (Lipinski definition) is 1. The van der Waals surface area contributed by atoms with Crippen molar-refractivity contribution in [3.05, 3.63) is 29.3 Å². The second-order valence-electron chi connectivity index (χ2n) is 4.46. The molecule has 2 nitrogen and oxygen atoms in total. The Kier molecular flexibility index (Phi) is 2.96. The number of nitrogens with one attached hydrogen (secondary N) is 1. The van der Waals surface area contributed by atoms with Crippen LogP contribution in [0.3, 0.4) is 0 Å². The van der Waals surface area contributed by atoms with Gasteiger partial charge >= 0.3 is 0 Å². The maximum atomic E-state index is 5.45. The summed E-state index contributed by atoms with van der Waals surface area (Å²) in [6.45, 7) is 5.57. The average Bonchev–Trinajstić information content (AvgIpc) is 2.27. The molecule has 0 aromatic heterocycles. The number of hydrogen-bond acceptors (Lipinski definition) is 2. The molecular formula is C13H19NO. The molecule has 0 saturated heterocycles. The van der Waals surface area contributed by atoms with Crippen LogP contribution >= 0.6 is 0 Å². The molecule has 82 valence electrons. The molecule has 0 amide bonds. The summed E-state index contributed by atoms with van der Waals surface area (Å²) in [6, 6.07) is 6.79. The van der Waals surface area contributed by atoms with Gasteiger partial charge in [0.05, 0.1) is 7.11 Å². The van der Waals surface area contributed by atoms with Crippen molar-refractivity contribution in [1.29, 1.82) is 0 Å². The van der Waals surface area contributed by atoms with Crippen molar-refractivity contribution < 1.29 is 4.74 Å². The Morgan fingerprint density at radius 3 is 2.87 bits per heavy atom. The van der Waals surface area contributed by atoms with E-state index in [0.717, 1.165) is 18.7 Å². The number of methoxy groups -OCH3 is 1. The third kappa shape index (κ3) is 1.86. The average molecular weight is 205 g/mol. The molecule has 1 aliphatic rings. The van der Waals surface area contributed by atoms with Crippen molar-refractivity contribution in [2.75, 3.05) is 13.7 Å². The first-order chi connectivity index (χ1) is 7.24. The minimum absolute atomic E-state index is 0.435. The zero-order chi connectivity index (χ0) is 10.8. The molecule has 0 spiro atoms. The molecule has 15 heavy (non-hydrogen) atoms. The Morgan fingerprint density at radius 1 is 1.40 bits per heavy atom. The zero-order valence-corrected chi connectivity index (χ0v) is 9.71. The molecule has 1 aliphatic heterocycles. The van der Waals surface area contributed by atoms with Gasteiger partial charge in [-0.3, -0.25) is 0 Å². The number of ether oxygens (including phenoxy) is 1. The van der Waals surface area contributed by atoms with E-state index in [9.17, 15) is 0 Å². The fourth-order valence-corrected chi connectivity index (χ4v) is 2.37. The second kappa shape index (κ2) is 4.23. The number of fused-ring (bicyclic) bond motifs is 1. The Labute approximate surface area is 91.6 Å². The van der Waals surface area contributed by atoms with E-state index >= 15 is 0 Å². The van der Waals surface area contributed by atoms with Gasteiger partial charge in [-0.15, -0.1) is 0 Å².